The van der Waals surface area contributed by atoms with Gasteiger partial charge < -0.3 is 69.7 Å². The summed E-state index contributed by atoms with van der Waals surface area (Å²) in [5, 5.41) is 24.9. The zero-order chi connectivity index (χ0) is 63.1. The topological polar surface area (TPSA) is 407 Å². The van der Waals surface area contributed by atoms with E-state index in [1.807, 2.05) is 0 Å². The first kappa shape index (κ1) is 74.5. The number of hydrogen-bond acceptors (Lipinski definition) is 23. The van der Waals surface area contributed by atoms with Gasteiger partial charge in [-0.15, -0.1) is 13.2 Å². The first-order valence-electron chi connectivity index (χ1n) is 26.4. The van der Waals surface area contributed by atoms with Crippen LogP contribution in [-0.2, 0) is 86.1 Å². The third-order valence-corrected chi connectivity index (χ3v) is 10.9. The van der Waals surface area contributed by atoms with Crippen LogP contribution in [0, 0.1) is 0 Å². The highest BCUT2D eigenvalue weighted by molar-refractivity contribution is 5.98. The summed E-state index contributed by atoms with van der Waals surface area (Å²) in [6.07, 6.45) is -5.79. The van der Waals surface area contributed by atoms with Crippen LogP contribution in [0.25, 0.3) is 0 Å². The molecule has 0 unspecified atom stereocenters. The second kappa shape index (κ2) is 37.5. The molecule has 0 aromatic carbocycles. The number of nitrogens with one attached hydrogen (secondary N) is 10. The molecule has 0 spiro atoms. The molecule has 0 saturated heterocycles. The van der Waals surface area contributed by atoms with Crippen molar-refractivity contribution in [3.63, 3.8) is 0 Å². The number of esters is 3. The lowest BCUT2D eigenvalue weighted by molar-refractivity contribution is -0.156. The molecule has 0 aromatic rings. The molecule has 0 radical (unpaired) electrons. The van der Waals surface area contributed by atoms with Crippen LogP contribution < -0.4 is 53.2 Å². The molecule has 29 nitrogen and oxygen atoms in total. The summed E-state index contributed by atoms with van der Waals surface area (Å²) in [4.78, 5) is 198. The van der Waals surface area contributed by atoms with Crippen LogP contribution in [0.3, 0.4) is 0 Å². The molecule has 460 valence electrons. The van der Waals surface area contributed by atoms with Gasteiger partial charge in [-0.1, -0.05) is 12.2 Å². The van der Waals surface area contributed by atoms with Gasteiger partial charge in [0.05, 0.1) is 43.4 Å². The van der Waals surface area contributed by atoms with E-state index >= 15 is 0 Å². The van der Waals surface area contributed by atoms with Crippen molar-refractivity contribution in [3.05, 3.63) is 25.3 Å². The zero-order valence-corrected chi connectivity index (χ0v) is 48.8. The number of amides is 6. The van der Waals surface area contributed by atoms with Gasteiger partial charge in [0.15, 0.2) is 30.4 Å². The summed E-state index contributed by atoms with van der Waals surface area (Å²) in [5.41, 5.74) is -1.87. The molecule has 82 heavy (non-hydrogen) atoms. The molecule has 12 atom stereocenters. The van der Waals surface area contributed by atoms with E-state index in [0.717, 1.165) is 18.1 Å². The summed E-state index contributed by atoms with van der Waals surface area (Å²) in [6, 6.07) is -10.4. The number of carbonyl (C=O) groups is 15. The van der Waals surface area contributed by atoms with Crippen molar-refractivity contribution >= 4 is 90.6 Å². The highest BCUT2D eigenvalue weighted by Gasteiger charge is 2.40. The van der Waals surface area contributed by atoms with Gasteiger partial charge in [-0.25, -0.2) is 0 Å². The Labute approximate surface area is 477 Å². The predicted molar refractivity (Wildman–Crippen MR) is 294 cm³/mol. The minimum atomic E-state index is -2.05. The van der Waals surface area contributed by atoms with Gasteiger partial charge in [-0.3, -0.25) is 74.5 Å². The first-order valence-corrected chi connectivity index (χ1v) is 26.4. The Hall–Kier alpha value is -7.47. The molecule has 10 N–H and O–H groups in total. The van der Waals surface area contributed by atoms with Crippen LogP contribution in [0.15, 0.2) is 25.3 Å². The average molecular weight is 1160 g/mol. The number of hydrogen-bond donors (Lipinski definition) is 10. The number of methoxy groups -OCH3 is 1. The number of ketones is 1. The van der Waals surface area contributed by atoms with Crippen LogP contribution in [0.5, 0.6) is 0 Å². The van der Waals surface area contributed by atoms with Crippen molar-refractivity contribution in [2.24, 2.45) is 0 Å². The van der Waals surface area contributed by atoms with E-state index in [2.05, 4.69) is 66.3 Å². The quantitative estimate of drug-likeness (QED) is 0.00973. The average Bonchev–Trinajstić information content (AvgIpc) is 3.42. The van der Waals surface area contributed by atoms with E-state index in [0.29, 0.717) is 31.4 Å². The molecule has 0 bridgehead atoms. The number of nitrogens with zero attached hydrogens (tertiary/aromatic N) is 1. The minimum Gasteiger partial charge on any atom is -0.468 e. The summed E-state index contributed by atoms with van der Waals surface area (Å²) in [6.45, 7) is 22.8. The van der Waals surface area contributed by atoms with Gasteiger partial charge in [0.25, 0.3) is 23.6 Å². The third-order valence-electron chi connectivity index (χ3n) is 10.9. The fraction of sp³-hybridized carbons (Fsp3) is 0.642. The van der Waals surface area contributed by atoms with E-state index in [1.54, 1.807) is 41.5 Å². The number of rotatable bonds is 41. The molecule has 0 aliphatic carbocycles. The Morgan fingerprint density at radius 2 is 0.902 bits per heavy atom. The van der Waals surface area contributed by atoms with E-state index in [4.69, 9.17) is 14.2 Å². The van der Waals surface area contributed by atoms with Crippen molar-refractivity contribution in [3.8, 4) is 0 Å². The maximum absolute atomic E-state index is 14.8. The molecule has 0 aliphatic rings. The van der Waals surface area contributed by atoms with E-state index in [-0.39, 0.29) is 25.7 Å². The number of allylic oxidation sites excluding steroid dienone is 1. The normalized spacial score (nSPS) is 15.7. The molecule has 0 rings (SSSR count). The summed E-state index contributed by atoms with van der Waals surface area (Å²) >= 11 is 0. The fourth-order valence-electron chi connectivity index (χ4n) is 7.06. The van der Waals surface area contributed by atoms with Crippen molar-refractivity contribution in [2.75, 3.05) is 13.7 Å². The van der Waals surface area contributed by atoms with Crippen LogP contribution in [-0.4, -0.2) is 193 Å². The standard InChI is InChI=1S/C53H85N11O18/c1-15-17-18-39(71)59-36(20-22-41(73)82-53(11,12)13)46(74)63-44(57-33(6)28-68)50(78)64(23-16-2)45(58-34(7)29-69)49(77)62-43(56-32(5)27-67)48(76)61-42(55-31(4)26-66)47(75)60-35(19-21-40(72)81-52(8,9)10)38(70)24-37(51(79)80-14)54-30(3)25-65/h15-16,25-37,42-45,54-58H,1-2,17-24H2,3-14H3,(H,59,71)(H,60,75)(H,61,76)(H,62,77)(H,63,74)/t30-,31-,32-,33-,34-,35-,36-,37+,42+,43+,44+,45+/m0/s1. The van der Waals surface area contributed by atoms with E-state index in [1.165, 1.54) is 40.7 Å². The maximum Gasteiger partial charge on any atom is 0.323 e. The van der Waals surface area contributed by atoms with Gasteiger partial charge >= 0.3 is 17.9 Å². The Morgan fingerprint density at radius 3 is 1.34 bits per heavy atom. The SMILES string of the molecule is C=CCCC(=O)N[C@@H](CCC(=O)OC(C)(C)C)C(=O)N[C@@H](N[C@@H](C)C=O)C(=O)N(CC=C)[C@@H](N[C@@H](C)C=O)C(=O)N[C@@H](N[C@@H](C)C=O)C(=O)N[C@@H](N[C@@H](C)C=O)C(=O)N[C@@H](CCC(=O)OC(C)(C)C)C(=O)C[C@@H](N[C@@H](C)C=O)C(=O)OC. The molecular weight excluding hydrogens is 1080 g/mol. The summed E-state index contributed by atoms with van der Waals surface area (Å²) in [5.74, 6) is -10.0. The summed E-state index contributed by atoms with van der Waals surface area (Å²) < 4.78 is 15.5. The molecule has 29 heteroatoms. The Balaban J connectivity index is 7.56. The summed E-state index contributed by atoms with van der Waals surface area (Å²) in [7, 11) is 1.03. The Morgan fingerprint density at radius 1 is 0.488 bits per heavy atom. The van der Waals surface area contributed by atoms with Crippen LogP contribution in [0.4, 0.5) is 0 Å². The Bertz CT molecular complexity index is 2250. The first-order chi connectivity index (χ1) is 38.2. The monoisotopic (exact) mass is 1160 g/mol. The van der Waals surface area contributed by atoms with E-state index in [9.17, 15) is 71.9 Å². The largest absolute Gasteiger partial charge is 0.468 e. The molecule has 0 heterocycles. The van der Waals surface area contributed by atoms with Crippen LogP contribution in [0.2, 0.25) is 0 Å². The highest BCUT2D eigenvalue weighted by Crippen LogP contribution is 2.14. The molecule has 0 saturated carbocycles. The fourth-order valence-corrected chi connectivity index (χ4v) is 7.06. The smallest absolute Gasteiger partial charge is 0.323 e. The predicted octanol–water partition coefficient (Wildman–Crippen LogP) is -2.78. The lowest BCUT2D eigenvalue weighted by atomic mass is 9.99. The van der Waals surface area contributed by atoms with Crippen molar-refractivity contribution in [1.82, 2.24) is 58.1 Å². The van der Waals surface area contributed by atoms with Gasteiger partial charge in [0, 0.05) is 32.2 Å². The Kier molecular flexibility index (Phi) is 34.1. The van der Waals surface area contributed by atoms with Gasteiger partial charge in [0.2, 0.25) is 11.8 Å². The lowest BCUT2D eigenvalue weighted by Gasteiger charge is -2.36. The molecule has 0 aliphatic heterocycles. The minimum absolute atomic E-state index is 0.115. The number of ether oxygens (including phenoxy) is 3. The zero-order valence-electron chi connectivity index (χ0n) is 48.8. The molecule has 6 amide bonds. The molecule has 0 aromatic heterocycles. The van der Waals surface area contributed by atoms with Crippen molar-refractivity contribution in [1.29, 1.82) is 0 Å². The molecular formula is C53H85N11O18. The van der Waals surface area contributed by atoms with E-state index < -0.39 is 169 Å². The van der Waals surface area contributed by atoms with Crippen molar-refractivity contribution < 1.29 is 86.1 Å². The number of aldehydes is 5. The second-order valence-corrected chi connectivity index (χ2v) is 21.0. The van der Waals surface area contributed by atoms with Gasteiger partial charge in [0.1, 0.15) is 54.7 Å². The number of Topliss-reactive ketones (excluding diaryl/α,β-unsaturated/α-hetero) is 1. The van der Waals surface area contributed by atoms with Crippen LogP contribution >= 0.6 is 0 Å². The van der Waals surface area contributed by atoms with Crippen LogP contribution in [0.1, 0.15) is 121 Å². The lowest BCUT2D eigenvalue weighted by Crippen LogP contribution is -2.69. The van der Waals surface area contributed by atoms with Gasteiger partial charge in [-0.2, -0.15) is 0 Å². The van der Waals surface area contributed by atoms with Gasteiger partial charge in [-0.05, 0) is 95.4 Å². The van der Waals surface area contributed by atoms with Crippen molar-refractivity contribution in [2.45, 2.75) is 205 Å². The highest BCUT2D eigenvalue weighted by atomic mass is 16.6. The number of carbonyl (C=O) groups excluding carboxylic acids is 15. The third kappa shape index (κ3) is 29.8. The second-order valence-electron chi connectivity index (χ2n) is 21.0. The maximum atomic E-state index is 14.8. The molecule has 0 fully saturated rings.